The van der Waals surface area contributed by atoms with Crippen molar-refractivity contribution in [2.45, 2.75) is 63.6 Å². The zero-order chi connectivity index (χ0) is 14.4. The molecule has 2 saturated heterocycles. The molecule has 0 bridgehead atoms. The summed E-state index contributed by atoms with van der Waals surface area (Å²) in [5.74, 6) is 2.35. The van der Waals surface area contributed by atoms with Crippen LogP contribution in [0.3, 0.4) is 0 Å². The number of nitrogens with zero attached hydrogens (tertiary/aromatic N) is 1. The highest BCUT2D eigenvalue weighted by atomic mass is 32.2. The van der Waals surface area contributed by atoms with Gasteiger partial charge in [0.15, 0.2) is 0 Å². The second-order valence-electron chi connectivity index (χ2n) is 5.89. The van der Waals surface area contributed by atoms with E-state index in [1.807, 2.05) is 16.7 Å². The third-order valence-corrected chi connectivity index (χ3v) is 5.38. The van der Waals surface area contributed by atoms with Gasteiger partial charge < -0.3 is 15.4 Å². The fraction of sp³-hybridized carbons (Fsp3) is 0.933. The smallest absolute Gasteiger partial charge is 0.239 e. The topological polar surface area (TPSA) is 55.6 Å². The highest BCUT2D eigenvalue weighted by Gasteiger charge is 2.32. The van der Waals surface area contributed by atoms with Crippen LogP contribution < -0.4 is 5.73 Å². The average molecular weight is 300 g/mol. The molecule has 2 heterocycles. The van der Waals surface area contributed by atoms with Crippen molar-refractivity contribution in [2.24, 2.45) is 5.73 Å². The maximum Gasteiger partial charge on any atom is 0.239 e. The lowest BCUT2D eigenvalue weighted by Gasteiger charge is -2.32. The molecule has 3 atom stereocenters. The van der Waals surface area contributed by atoms with Gasteiger partial charge in [-0.05, 0) is 31.4 Å². The molecule has 0 spiro atoms. The van der Waals surface area contributed by atoms with Crippen molar-refractivity contribution >= 4 is 17.7 Å². The summed E-state index contributed by atoms with van der Waals surface area (Å²) in [6.45, 7) is 3.72. The maximum atomic E-state index is 12.7. The van der Waals surface area contributed by atoms with Gasteiger partial charge in [0.2, 0.25) is 5.91 Å². The molecule has 0 aromatic rings. The van der Waals surface area contributed by atoms with E-state index in [-0.39, 0.29) is 18.1 Å². The minimum atomic E-state index is -0.332. The zero-order valence-corrected chi connectivity index (χ0v) is 13.4. The summed E-state index contributed by atoms with van der Waals surface area (Å²) in [5, 5.41) is 0. The van der Waals surface area contributed by atoms with Gasteiger partial charge in [-0.3, -0.25) is 4.79 Å². The summed E-state index contributed by atoms with van der Waals surface area (Å²) in [6, 6.07) is 0.0336. The Labute approximate surface area is 126 Å². The number of rotatable bonds is 7. The number of nitrogens with two attached hydrogens (primary N) is 1. The van der Waals surface area contributed by atoms with E-state index in [0.717, 1.165) is 63.2 Å². The van der Waals surface area contributed by atoms with E-state index in [4.69, 9.17) is 10.5 Å². The Morgan fingerprint density at radius 2 is 2.35 bits per heavy atom. The zero-order valence-electron chi connectivity index (χ0n) is 12.6. The van der Waals surface area contributed by atoms with E-state index in [1.54, 1.807) is 0 Å². The Morgan fingerprint density at radius 1 is 1.50 bits per heavy atom. The van der Waals surface area contributed by atoms with Gasteiger partial charge in [0.05, 0.1) is 12.1 Å². The molecule has 0 radical (unpaired) electrons. The number of thioether (sulfide) groups is 1. The van der Waals surface area contributed by atoms with Crippen molar-refractivity contribution in [1.82, 2.24) is 4.90 Å². The van der Waals surface area contributed by atoms with E-state index >= 15 is 0 Å². The van der Waals surface area contributed by atoms with E-state index in [1.165, 1.54) is 0 Å². The van der Waals surface area contributed by atoms with Crippen molar-refractivity contribution in [3.8, 4) is 0 Å². The van der Waals surface area contributed by atoms with Gasteiger partial charge in [0.1, 0.15) is 0 Å². The Kier molecular flexibility index (Phi) is 6.65. The first kappa shape index (κ1) is 16.1. The number of hydrogen-bond donors (Lipinski definition) is 1. The summed E-state index contributed by atoms with van der Waals surface area (Å²) >= 11 is 1.94. The minimum absolute atomic E-state index is 0.140. The van der Waals surface area contributed by atoms with Crippen molar-refractivity contribution < 1.29 is 9.53 Å². The van der Waals surface area contributed by atoms with Crippen molar-refractivity contribution in [1.29, 1.82) is 0 Å². The molecule has 20 heavy (non-hydrogen) atoms. The summed E-state index contributed by atoms with van der Waals surface area (Å²) in [4.78, 5) is 14.7. The van der Waals surface area contributed by atoms with E-state index in [9.17, 15) is 4.79 Å². The molecule has 2 unspecified atom stereocenters. The number of hydrogen-bond acceptors (Lipinski definition) is 4. The van der Waals surface area contributed by atoms with E-state index in [2.05, 4.69) is 6.92 Å². The summed E-state index contributed by atoms with van der Waals surface area (Å²) in [5.41, 5.74) is 6.11. The molecule has 2 fully saturated rings. The predicted octanol–water partition coefficient (Wildman–Crippen LogP) is 2.02. The number of carbonyl (C=O) groups excluding carboxylic acids is 1. The quantitative estimate of drug-likeness (QED) is 0.781. The third-order valence-electron chi connectivity index (χ3n) is 4.24. The van der Waals surface area contributed by atoms with Crippen LogP contribution >= 0.6 is 11.8 Å². The lowest BCUT2D eigenvalue weighted by atomic mass is 10.1. The predicted molar refractivity (Wildman–Crippen MR) is 83.9 cm³/mol. The number of carbonyl (C=O) groups is 1. The molecule has 0 aromatic heterocycles. The Bertz CT molecular complexity index is 302. The maximum absolute atomic E-state index is 12.7. The molecule has 1 amide bonds. The van der Waals surface area contributed by atoms with Crippen LogP contribution in [0.1, 0.15) is 45.4 Å². The van der Waals surface area contributed by atoms with Gasteiger partial charge in [0, 0.05) is 24.9 Å². The van der Waals surface area contributed by atoms with E-state index in [0.29, 0.717) is 6.04 Å². The monoisotopic (exact) mass is 300 g/mol. The highest BCUT2D eigenvalue weighted by Crippen LogP contribution is 2.25. The molecule has 2 aliphatic rings. The molecule has 0 saturated carbocycles. The third kappa shape index (κ3) is 4.37. The highest BCUT2D eigenvalue weighted by molar-refractivity contribution is 7.99. The van der Waals surface area contributed by atoms with Crippen LogP contribution in [0.5, 0.6) is 0 Å². The minimum Gasteiger partial charge on any atom is -0.376 e. The van der Waals surface area contributed by atoms with Crippen molar-refractivity contribution in [2.75, 3.05) is 24.7 Å². The van der Waals surface area contributed by atoms with Crippen LogP contribution in [0.4, 0.5) is 0 Å². The molecule has 0 aliphatic carbocycles. The first-order valence-corrected chi connectivity index (χ1v) is 9.13. The molecule has 116 valence electrons. The second kappa shape index (κ2) is 8.25. The van der Waals surface area contributed by atoms with E-state index < -0.39 is 0 Å². The number of ether oxygens (including phenoxy) is 1. The van der Waals surface area contributed by atoms with Gasteiger partial charge in [-0.2, -0.15) is 11.8 Å². The van der Waals surface area contributed by atoms with Gasteiger partial charge in [-0.15, -0.1) is 0 Å². The Balaban J connectivity index is 1.94. The van der Waals surface area contributed by atoms with Crippen LogP contribution in [-0.4, -0.2) is 53.7 Å². The molecule has 2 N–H and O–H groups in total. The molecule has 5 heteroatoms. The first-order chi connectivity index (χ1) is 9.72. The van der Waals surface area contributed by atoms with Crippen molar-refractivity contribution in [3.05, 3.63) is 0 Å². The van der Waals surface area contributed by atoms with Crippen LogP contribution in [0.2, 0.25) is 0 Å². The van der Waals surface area contributed by atoms with Crippen LogP contribution in [0, 0.1) is 0 Å². The standard InChI is InChI=1S/C15H28N2O2S/c1-2-3-6-14(16)15(18)17(12-7-9-20-11-12)10-13-5-4-8-19-13/h12-14H,2-11,16H2,1H3/t12?,13?,14-/m0/s1. The second-order valence-corrected chi connectivity index (χ2v) is 7.04. The van der Waals surface area contributed by atoms with Crippen LogP contribution in [0.15, 0.2) is 0 Å². The van der Waals surface area contributed by atoms with Gasteiger partial charge in [-0.1, -0.05) is 19.8 Å². The SMILES string of the molecule is CCCC[C@H](N)C(=O)N(CC1CCCO1)C1CCSC1. The Hall–Kier alpha value is -0.260. The summed E-state index contributed by atoms with van der Waals surface area (Å²) in [6.07, 6.45) is 6.44. The molecular formula is C15H28N2O2S. The lowest BCUT2D eigenvalue weighted by molar-refractivity contribution is -0.136. The van der Waals surface area contributed by atoms with Crippen LogP contribution in [-0.2, 0) is 9.53 Å². The average Bonchev–Trinajstić information content (AvgIpc) is 3.13. The molecule has 2 rings (SSSR count). The normalized spacial score (nSPS) is 27.7. The van der Waals surface area contributed by atoms with Gasteiger partial charge in [0.25, 0.3) is 0 Å². The summed E-state index contributed by atoms with van der Waals surface area (Å²) in [7, 11) is 0. The van der Waals surface area contributed by atoms with Crippen molar-refractivity contribution in [3.63, 3.8) is 0 Å². The van der Waals surface area contributed by atoms with Crippen LogP contribution in [0.25, 0.3) is 0 Å². The first-order valence-electron chi connectivity index (χ1n) is 7.97. The fourth-order valence-corrected chi connectivity index (χ4v) is 4.18. The Morgan fingerprint density at radius 3 is 2.95 bits per heavy atom. The summed E-state index contributed by atoms with van der Waals surface area (Å²) < 4.78 is 5.71. The van der Waals surface area contributed by atoms with Gasteiger partial charge >= 0.3 is 0 Å². The lowest BCUT2D eigenvalue weighted by Crippen LogP contribution is -2.51. The number of unbranched alkanes of at least 4 members (excludes halogenated alkanes) is 1. The molecule has 2 aliphatic heterocycles. The molecule has 4 nitrogen and oxygen atoms in total. The molecular weight excluding hydrogens is 272 g/mol. The fourth-order valence-electron chi connectivity index (χ4n) is 2.96. The molecule has 0 aromatic carbocycles. The number of amides is 1. The van der Waals surface area contributed by atoms with Gasteiger partial charge in [-0.25, -0.2) is 0 Å². The largest absolute Gasteiger partial charge is 0.376 e.